The van der Waals surface area contributed by atoms with Gasteiger partial charge in [-0.1, -0.05) is 50.0 Å². The first kappa shape index (κ1) is 19.6. The Morgan fingerprint density at radius 3 is 2.18 bits per heavy atom. The lowest BCUT2D eigenvalue weighted by atomic mass is 9.91. The topological polar surface area (TPSA) is 66.4 Å². The van der Waals surface area contributed by atoms with E-state index in [0.29, 0.717) is 12.3 Å². The quantitative estimate of drug-likeness (QED) is 0.711. The summed E-state index contributed by atoms with van der Waals surface area (Å²) in [4.78, 5) is 0.209. The van der Waals surface area contributed by atoms with Crippen molar-refractivity contribution in [2.75, 3.05) is 0 Å². The van der Waals surface area contributed by atoms with E-state index < -0.39 is 22.2 Å². The minimum absolute atomic E-state index is 0.0546. The Hall–Kier alpha value is -0.430. The lowest BCUT2D eigenvalue weighted by Crippen LogP contribution is -2.47. The van der Waals surface area contributed by atoms with E-state index in [-0.39, 0.29) is 10.8 Å². The smallest absolute Gasteiger partial charge is 0.240 e. The summed E-state index contributed by atoms with van der Waals surface area (Å²) in [7, 11) is -3.64. The second-order valence-electron chi connectivity index (χ2n) is 6.18. The summed E-state index contributed by atoms with van der Waals surface area (Å²) in [6, 6.07) is 6.00. The Morgan fingerprint density at radius 1 is 1.18 bits per heavy atom. The van der Waals surface area contributed by atoms with Crippen molar-refractivity contribution in [1.82, 2.24) is 4.72 Å². The maximum atomic E-state index is 12.5. The minimum atomic E-state index is -3.64. The molecule has 1 rings (SSSR count). The van der Waals surface area contributed by atoms with Gasteiger partial charge in [-0.2, -0.15) is 0 Å². The van der Waals surface area contributed by atoms with Gasteiger partial charge in [0.15, 0.2) is 0 Å². The fourth-order valence-corrected chi connectivity index (χ4v) is 3.96. The molecule has 0 aliphatic carbocycles. The molecule has 3 atom stereocenters. The fourth-order valence-electron chi connectivity index (χ4n) is 2.32. The fraction of sp³-hybridized carbons (Fsp3) is 0.625. The second kappa shape index (κ2) is 8.43. The van der Waals surface area contributed by atoms with Gasteiger partial charge in [0.05, 0.1) is 17.0 Å². The molecule has 126 valence electrons. The van der Waals surface area contributed by atoms with Crippen molar-refractivity contribution in [2.45, 2.75) is 57.6 Å². The number of halogens is 1. The zero-order chi connectivity index (χ0) is 16.9. The van der Waals surface area contributed by atoms with Crippen LogP contribution in [0, 0.1) is 11.8 Å². The molecule has 0 aromatic heterocycles. The van der Waals surface area contributed by atoms with Gasteiger partial charge >= 0.3 is 0 Å². The highest BCUT2D eigenvalue weighted by molar-refractivity contribution is 9.10. The summed E-state index contributed by atoms with van der Waals surface area (Å²) in [6.45, 7) is 7.98. The zero-order valence-electron chi connectivity index (χ0n) is 13.6. The number of sulfonamides is 1. The van der Waals surface area contributed by atoms with Gasteiger partial charge in [-0.3, -0.25) is 0 Å². The lowest BCUT2D eigenvalue weighted by molar-refractivity contribution is 0.0910. The molecule has 0 aliphatic heterocycles. The summed E-state index contributed by atoms with van der Waals surface area (Å²) < 4.78 is 28.6. The largest absolute Gasteiger partial charge is 0.391 e. The van der Waals surface area contributed by atoms with Crippen LogP contribution in [0.15, 0.2) is 33.6 Å². The van der Waals surface area contributed by atoms with E-state index in [9.17, 15) is 13.5 Å². The monoisotopic (exact) mass is 391 g/mol. The first-order chi connectivity index (χ1) is 10.2. The predicted molar refractivity (Wildman–Crippen MR) is 93.2 cm³/mol. The van der Waals surface area contributed by atoms with Gasteiger partial charge in [0, 0.05) is 4.47 Å². The van der Waals surface area contributed by atoms with Crippen LogP contribution in [0.1, 0.15) is 40.5 Å². The van der Waals surface area contributed by atoms with Crippen LogP contribution < -0.4 is 4.72 Å². The van der Waals surface area contributed by atoms with Crippen molar-refractivity contribution in [3.63, 3.8) is 0 Å². The van der Waals surface area contributed by atoms with Gasteiger partial charge in [-0.25, -0.2) is 13.1 Å². The number of aliphatic hydroxyl groups is 1. The Balaban J connectivity index is 2.99. The molecule has 0 amide bonds. The van der Waals surface area contributed by atoms with Gasteiger partial charge in [0.25, 0.3) is 0 Å². The summed E-state index contributed by atoms with van der Waals surface area (Å²) >= 11 is 3.29. The van der Waals surface area contributed by atoms with Crippen LogP contribution in [0.4, 0.5) is 0 Å². The van der Waals surface area contributed by atoms with Crippen molar-refractivity contribution in [2.24, 2.45) is 11.8 Å². The van der Waals surface area contributed by atoms with Crippen LogP contribution in [0.25, 0.3) is 0 Å². The molecule has 1 aromatic carbocycles. The van der Waals surface area contributed by atoms with Gasteiger partial charge in [0.1, 0.15) is 0 Å². The third-order valence-corrected chi connectivity index (χ3v) is 5.80. The molecule has 0 spiro atoms. The van der Waals surface area contributed by atoms with E-state index >= 15 is 0 Å². The average molecular weight is 392 g/mol. The molecule has 0 saturated carbocycles. The molecule has 1 aromatic rings. The molecule has 0 heterocycles. The van der Waals surface area contributed by atoms with E-state index in [0.717, 1.165) is 10.9 Å². The molecule has 0 saturated heterocycles. The van der Waals surface area contributed by atoms with Gasteiger partial charge < -0.3 is 5.11 Å². The van der Waals surface area contributed by atoms with E-state index in [4.69, 9.17) is 0 Å². The summed E-state index contributed by atoms with van der Waals surface area (Å²) in [5, 5.41) is 10.4. The normalized spacial score (nSPS) is 16.5. The van der Waals surface area contributed by atoms with E-state index in [1.54, 1.807) is 24.3 Å². The first-order valence-electron chi connectivity index (χ1n) is 7.63. The minimum Gasteiger partial charge on any atom is -0.391 e. The maximum absolute atomic E-state index is 12.5. The van der Waals surface area contributed by atoms with Crippen LogP contribution in [-0.4, -0.2) is 25.7 Å². The molecular weight excluding hydrogens is 366 g/mol. The third-order valence-electron chi connectivity index (χ3n) is 3.80. The molecule has 4 nitrogen and oxygen atoms in total. The predicted octanol–water partition coefficient (Wildman–Crippen LogP) is 3.55. The van der Waals surface area contributed by atoms with Gasteiger partial charge in [-0.05, 0) is 42.5 Å². The Morgan fingerprint density at radius 2 is 1.73 bits per heavy atom. The highest BCUT2D eigenvalue weighted by Gasteiger charge is 2.29. The first-order valence-corrected chi connectivity index (χ1v) is 9.91. The maximum Gasteiger partial charge on any atom is 0.240 e. The molecule has 6 heteroatoms. The van der Waals surface area contributed by atoms with Crippen molar-refractivity contribution < 1.29 is 13.5 Å². The van der Waals surface area contributed by atoms with Crippen molar-refractivity contribution in [3.05, 3.63) is 28.7 Å². The highest BCUT2D eigenvalue weighted by Crippen LogP contribution is 2.21. The number of rotatable bonds is 8. The summed E-state index contributed by atoms with van der Waals surface area (Å²) in [5.41, 5.74) is 0. The summed E-state index contributed by atoms with van der Waals surface area (Å²) in [6.07, 6.45) is 0.667. The molecule has 0 aliphatic rings. The third kappa shape index (κ3) is 5.65. The standard InChI is InChI=1S/C16H26BrNO3S/c1-5-12(4)16(15(19)10-11(2)3)18-22(20,21)14-8-6-13(17)7-9-14/h6-9,11-12,15-16,18-19H,5,10H2,1-4H3/t12-,15?,16-/m0/s1. The van der Waals surface area contributed by atoms with Crippen LogP contribution in [0.2, 0.25) is 0 Å². The molecule has 0 radical (unpaired) electrons. The van der Waals surface area contributed by atoms with E-state index in [1.165, 1.54) is 0 Å². The van der Waals surface area contributed by atoms with Crippen molar-refractivity contribution in [3.8, 4) is 0 Å². The van der Waals surface area contributed by atoms with Crippen LogP contribution in [-0.2, 0) is 10.0 Å². The number of nitrogens with one attached hydrogen (secondary N) is 1. The molecule has 0 bridgehead atoms. The molecule has 2 N–H and O–H groups in total. The zero-order valence-corrected chi connectivity index (χ0v) is 16.0. The van der Waals surface area contributed by atoms with Gasteiger partial charge in [-0.15, -0.1) is 0 Å². The Kier molecular flexibility index (Phi) is 7.52. The molecule has 1 unspecified atom stereocenters. The number of aliphatic hydroxyl groups excluding tert-OH is 1. The van der Waals surface area contributed by atoms with Gasteiger partial charge in [0.2, 0.25) is 10.0 Å². The van der Waals surface area contributed by atoms with Crippen molar-refractivity contribution in [1.29, 1.82) is 0 Å². The lowest BCUT2D eigenvalue weighted by Gasteiger charge is -2.29. The number of benzene rings is 1. The SMILES string of the molecule is CC[C@H](C)[C@H](NS(=O)(=O)c1ccc(Br)cc1)C(O)CC(C)C. The Bertz CT molecular complexity index is 557. The van der Waals surface area contributed by atoms with E-state index in [2.05, 4.69) is 20.7 Å². The van der Waals surface area contributed by atoms with Crippen LogP contribution >= 0.6 is 15.9 Å². The van der Waals surface area contributed by atoms with Crippen LogP contribution in [0.5, 0.6) is 0 Å². The number of hydrogen-bond acceptors (Lipinski definition) is 3. The Labute approximate surface area is 142 Å². The van der Waals surface area contributed by atoms with Crippen molar-refractivity contribution >= 4 is 26.0 Å². The molecular formula is C16H26BrNO3S. The van der Waals surface area contributed by atoms with E-state index in [1.807, 2.05) is 27.7 Å². The summed E-state index contributed by atoms with van der Waals surface area (Å²) in [5.74, 6) is 0.359. The van der Waals surface area contributed by atoms with Crippen LogP contribution in [0.3, 0.4) is 0 Å². The highest BCUT2D eigenvalue weighted by atomic mass is 79.9. The molecule has 22 heavy (non-hydrogen) atoms. The molecule has 0 fully saturated rings. The average Bonchev–Trinajstić information content (AvgIpc) is 2.43. The number of hydrogen-bond donors (Lipinski definition) is 2. The second-order valence-corrected chi connectivity index (χ2v) is 8.81.